The maximum absolute atomic E-state index is 12.8. The van der Waals surface area contributed by atoms with Crippen LogP contribution in [0, 0.1) is 5.41 Å². The van der Waals surface area contributed by atoms with Gasteiger partial charge in [0, 0.05) is 26.3 Å². The van der Waals surface area contributed by atoms with Crippen molar-refractivity contribution in [3.8, 4) is 0 Å². The summed E-state index contributed by atoms with van der Waals surface area (Å²) in [6, 6.07) is 0. The van der Waals surface area contributed by atoms with Crippen molar-refractivity contribution in [3.05, 3.63) is 12.4 Å². The molecule has 1 aromatic heterocycles. The molecule has 0 spiro atoms. The van der Waals surface area contributed by atoms with Gasteiger partial charge in [0.2, 0.25) is 5.91 Å². The summed E-state index contributed by atoms with van der Waals surface area (Å²) in [5.41, 5.74) is -3.02. The number of ether oxygens (including phenoxy) is 2. The van der Waals surface area contributed by atoms with Gasteiger partial charge in [-0.1, -0.05) is 0 Å². The molecule has 0 aromatic carbocycles. The van der Waals surface area contributed by atoms with E-state index < -0.39 is 40.3 Å². The van der Waals surface area contributed by atoms with Gasteiger partial charge >= 0.3 is 11.9 Å². The van der Waals surface area contributed by atoms with Gasteiger partial charge in [0.05, 0.1) is 12.4 Å². The number of amides is 2. The van der Waals surface area contributed by atoms with Crippen LogP contribution in [0.1, 0.15) is 6.92 Å². The standard InChI is InChI=1S/C15H19N5O7S/c1-9(21)27-7-14(13(24)25)6-19-11(23)15(26-2,12(19)28-8-14)18-10(22)5-20-16-3-4-17-20/h3-4,12H,5-8H2,1-2H3,(H,18,22)(H,24,25)/t12-,14?,15?/m1/s1. The van der Waals surface area contributed by atoms with E-state index in [1.54, 1.807) is 0 Å². The number of aliphatic carboxylic acids is 1. The molecule has 2 fully saturated rings. The number of fused-ring (bicyclic) bond motifs is 1. The molecular formula is C15H19N5O7S. The lowest BCUT2D eigenvalue weighted by molar-refractivity contribution is -0.202. The molecule has 3 atom stereocenters. The van der Waals surface area contributed by atoms with Crippen molar-refractivity contribution < 1.29 is 33.8 Å². The van der Waals surface area contributed by atoms with Crippen molar-refractivity contribution in [3.63, 3.8) is 0 Å². The third kappa shape index (κ3) is 3.30. The largest absolute Gasteiger partial charge is 0.481 e. The number of carbonyl (C=O) groups excluding carboxylic acids is 3. The van der Waals surface area contributed by atoms with E-state index in [9.17, 15) is 24.3 Å². The molecule has 1 aromatic rings. The molecule has 13 heteroatoms. The number of aromatic nitrogens is 3. The summed E-state index contributed by atoms with van der Waals surface area (Å²) in [6.07, 6.45) is 2.84. The first-order valence-corrected chi connectivity index (χ1v) is 9.29. The number of esters is 1. The predicted octanol–water partition coefficient (Wildman–Crippen LogP) is -1.71. The van der Waals surface area contributed by atoms with Gasteiger partial charge in [-0.3, -0.25) is 19.2 Å². The molecular weight excluding hydrogens is 394 g/mol. The van der Waals surface area contributed by atoms with Crippen LogP contribution in [0.25, 0.3) is 0 Å². The van der Waals surface area contributed by atoms with E-state index in [4.69, 9.17) is 9.47 Å². The van der Waals surface area contributed by atoms with Gasteiger partial charge in [0.15, 0.2) is 0 Å². The first-order valence-electron chi connectivity index (χ1n) is 8.24. The van der Waals surface area contributed by atoms with Crippen molar-refractivity contribution >= 4 is 35.5 Å². The average Bonchev–Trinajstić information content (AvgIpc) is 3.16. The number of β-lactam (4-membered cyclic amide) rings is 1. The molecule has 0 aliphatic carbocycles. The number of hydrogen-bond acceptors (Lipinski definition) is 9. The van der Waals surface area contributed by atoms with Crippen LogP contribution >= 0.6 is 11.8 Å². The minimum absolute atomic E-state index is 0.0752. The fraction of sp³-hybridized carbons (Fsp3) is 0.600. The number of nitrogens with zero attached hydrogens (tertiary/aromatic N) is 4. The highest BCUT2D eigenvalue weighted by Crippen LogP contribution is 2.47. The van der Waals surface area contributed by atoms with Crippen LogP contribution in [-0.2, 0) is 35.2 Å². The second kappa shape index (κ2) is 7.39. The average molecular weight is 413 g/mol. The summed E-state index contributed by atoms with van der Waals surface area (Å²) in [5, 5.41) is 19.2. The Bertz CT molecular complexity index is 803. The van der Waals surface area contributed by atoms with Gasteiger partial charge in [-0.05, 0) is 0 Å². The van der Waals surface area contributed by atoms with Crippen molar-refractivity contribution in [2.45, 2.75) is 24.6 Å². The van der Waals surface area contributed by atoms with Crippen LogP contribution in [0.3, 0.4) is 0 Å². The second-order valence-corrected chi connectivity index (χ2v) is 7.58. The number of carbonyl (C=O) groups is 4. The normalized spacial score (nSPS) is 28.9. The number of thioether (sulfide) groups is 1. The van der Waals surface area contributed by atoms with Crippen LogP contribution in [0.5, 0.6) is 0 Å². The summed E-state index contributed by atoms with van der Waals surface area (Å²) < 4.78 is 10.2. The number of carboxylic acid groups (broad SMARTS) is 1. The van der Waals surface area contributed by atoms with Crippen molar-refractivity contribution in [1.29, 1.82) is 0 Å². The van der Waals surface area contributed by atoms with Crippen LogP contribution in [0.2, 0.25) is 0 Å². The molecule has 152 valence electrons. The molecule has 2 aliphatic rings. The zero-order valence-electron chi connectivity index (χ0n) is 15.2. The Labute approximate surface area is 163 Å². The molecule has 2 aliphatic heterocycles. The van der Waals surface area contributed by atoms with E-state index in [0.29, 0.717) is 0 Å². The fourth-order valence-electron chi connectivity index (χ4n) is 3.12. The second-order valence-electron chi connectivity index (χ2n) is 6.51. The lowest BCUT2D eigenvalue weighted by atomic mass is 9.87. The summed E-state index contributed by atoms with van der Waals surface area (Å²) in [5.74, 6) is -2.79. The molecule has 2 N–H and O–H groups in total. The van der Waals surface area contributed by atoms with Crippen molar-refractivity contribution in [1.82, 2.24) is 25.2 Å². The quantitative estimate of drug-likeness (QED) is 0.300. The Morgan fingerprint density at radius 1 is 1.39 bits per heavy atom. The first-order chi connectivity index (χ1) is 13.2. The van der Waals surface area contributed by atoms with Crippen molar-refractivity contribution in [2.75, 3.05) is 26.0 Å². The van der Waals surface area contributed by atoms with Gasteiger partial charge in [-0.2, -0.15) is 15.0 Å². The SMILES string of the molecule is COC1(NC(=O)Cn2nccn2)C(=O)N2CC(COC(C)=O)(C(=O)O)CS[C@@H]21. The lowest BCUT2D eigenvalue weighted by Crippen LogP contribution is -2.83. The smallest absolute Gasteiger partial charge is 0.315 e. The summed E-state index contributed by atoms with van der Waals surface area (Å²) in [6.45, 7) is 0.476. The molecule has 2 unspecified atom stereocenters. The topological polar surface area (TPSA) is 153 Å². The van der Waals surface area contributed by atoms with Gasteiger partial charge in [-0.15, -0.1) is 11.8 Å². The van der Waals surface area contributed by atoms with E-state index in [2.05, 4.69) is 15.5 Å². The zero-order chi connectivity index (χ0) is 20.5. The zero-order valence-corrected chi connectivity index (χ0v) is 16.0. The highest BCUT2D eigenvalue weighted by atomic mass is 32.2. The fourth-order valence-corrected chi connectivity index (χ4v) is 4.74. The Morgan fingerprint density at radius 2 is 2.07 bits per heavy atom. The van der Waals surface area contributed by atoms with Crippen LogP contribution in [-0.4, -0.2) is 85.9 Å². The Balaban J connectivity index is 1.72. The Morgan fingerprint density at radius 3 is 2.64 bits per heavy atom. The summed E-state index contributed by atoms with van der Waals surface area (Å²) >= 11 is 1.14. The van der Waals surface area contributed by atoms with Crippen molar-refractivity contribution in [2.24, 2.45) is 5.41 Å². The molecule has 3 heterocycles. The number of carboxylic acids is 1. The molecule has 0 saturated carbocycles. The minimum atomic E-state index is -1.60. The van der Waals surface area contributed by atoms with Gasteiger partial charge in [0.25, 0.3) is 11.6 Å². The van der Waals surface area contributed by atoms with E-state index >= 15 is 0 Å². The molecule has 28 heavy (non-hydrogen) atoms. The monoisotopic (exact) mass is 413 g/mol. The van der Waals surface area contributed by atoms with Crippen LogP contribution in [0.15, 0.2) is 12.4 Å². The molecule has 2 amide bonds. The predicted molar refractivity (Wildman–Crippen MR) is 92.6 cm³/mol. The highest BCUT2D eigenvalue weighted by molar-refractivity contribution is 8.00. The molecule has 0 bridgehead atoms. The van der Waals surface area contributed by atoms with Crippen LogP contribution in [0.4, 0.5) is 0 Å². The van der Waals surface area contributed by atoms with Gasteiger partial charge in [0.1, 0.15) is 23.9 Å². The molecule has 0 radical (unpaired) electrons. The first kappa shape index (κ1) is 20.1. The van der Waals surface area contributed by atoms with Gasteiger partial charge in [-0.25, -0.2) is 0 Å². The molecule has 3 rings (SSSR count). The highest BCUT2D eigenvalue weighted by Gasteiger charge is 2.67. The van der Waals surface area contributed by atoms with E-state index in [0.717, 1.165) is 16.6 Å². The number of methoxy groups -OCH3 is 1. The van der Waals surface area contributed by atoms with Gasteiger partial charge < -0.3 is 24.8 Å². The molecule has 2 saturated heterocycles. The lowest BCUT2D eigenvalue weighted by Gasteiger charge is -2.58. The van der Waals surface area contributed by atoms with E-state index in [-0.39, 0.29) is 25.4 Å². The Hall–Kier alpha value is -2.67. The van der Waals surface area contributed by atoms with E-state index in [1.807, 2.05) is 0 Å². The van der Waals surface area contributed by atoms with E-state index in [1.165, 1.54) is 31.3 Å². The van der Waals surface area contributed by atoms with Crippen LogP contribution < -0.4 is 5.32 Å². The number of rotatable bonds is 7. The summed E-state index contributed by atoms with van der Waals surface area (Å²) in [4.78, 5) is 50.4. The molecule has 12 nitrogen and oxygen atoms in total. The minimum Gasteiger partial charge on any atom is -0.481 e. The number of nitrogens with one attached hydrogen (secondary N) is 1. The third-order valence-electron chi connectivity index (χ3n) is 4.60. The summed E-state index contributed by atoms with van der Waals surface area (Å²) in [7, 11) is 1.29. The Kier molecular flexibility index (Phi) is 5.30. The third-order valence-corrected chi connectivity index (χ3v) is 6.23. The number of hydrogen-bond donors (Lipinski definition) is 2. The maximum Gasteiger partial charge on any atom is 0.315 e. The maximum atomic E-state index is 12.8.